The third-order valence-electron chi connectivity index (χ3n) is 4.15. The molecular weight excluding hydrogens is 236 g/mol. The molecule has 3 heterocycles. The van der Waals surface area contributed by atoms with Crippen LogP contribution in [0.3, 0.4) is 0 Å². The number of hydrogen-bond donors (Lipinski definition) is 1. The normalized spacial score (nSPS) is 18.2. The van der Waals surface area contributed by atoms with Crippen molar-refractivity contribution in [3.8, 4) is 0 Å². The minimum Gasteiger partial charge on any atom is -0.326 e. The second-order valence-corrected chi connectivity index (χ2v) is 5.69. The van der Waals surface area contributed by atoms with Crippen LogP contribution in [0, 0.1) is 5.92 Å². The molecule has 3 rings (SSSR count). The number of imidazole rings is 1. The first-order valence-corrected chi connectivity index (χ1v) is 7.10. The van der Waals surface area contributed by atoms with E-state index in [1.165, 1.54) is 31.6 Å². The van der Waals surface area contributed by atoms with E-state index in [0.717, 1.165) is 23.5 Å². The maximum atomic E-state index is 5.67. The molecule has 1 aliphatic heterocycles. The fraction of sp³-hybridized carbons (Fsp3) is 0.533. The Morgan fingerprint density at radius 2 is 2.16 bits per heavy atom. The molecule has 19 heavy (non-hydrogen) atoms. The Labute approximate surface area is 114 Å². The van der Waals surface area contributed by atoms with Crippen molar-refractivity contribution < 1.29 is 0 Å². The number of piperidine rings is 1. The second kappa shape index (κ2) is 5.31. The Bertz CT molecular complexity index is 552. The van der Waals surface area contributed by atoms with Crippen LogP contribution in [-0.2, 0) is 13.0 Å². The smallest absolute Gasteiger partial charge is 0.137 e. The first-order valence-electron chi connectivity index (χ1n) is 7.10. The van der Waals surface area contributed by atoms with Gasteiger partial charge in [-0.15, -0.1) is 0 Å². The molecule has 1 saturated heterocycles. The highest BCUT2D eigenvalue weighted by Gasteiger charge is 2.18. The van der Waals surface area contributed by atoms with Crippen molar-refractivity contribution in [2.45, 2.75) is 25.8 Å². The van der Waals surface area contributed by atoms with Gasteiger partial charge in [-0.05, 0) is 63.0 Å². The molecule has 0 saturated carbocycles. The van der Waals surface area contributed by atoms with Crippen molar-refractivity contribution in [1.29, 1.82) is 0 Å². The molecule has 2 N–H and O–H groups in total. The summed E-state index contributed by atoms with van der Waals surface area (Å²) in [6.07, 6.45) is 7.90. The number of rotatable bonds is 3. The Balaban J connectivity index is 1.74. The van der Waals surface area contributed by atoms with Crippen LogP contribution >= 0.6 is 0 Å². The summed E-state index contributed by atoms with van der Waals surface area (Å²) in [5.41, 5.74) is 9.04. The Morgan fingerprint density at radius 1 is 1.37 bits per heavy atom. The van der Waals surface area contributed by atoms with Crippen molar-refractivity contribution in [3.05, 3.63) is 35.8 Å². The topological polar surface area (TPSA) is 46.6 Å². The standard InChI is InChI=1S/C15H22N4/c1-18-5-2-12(3-6-18)8-14-11-19-7-4-13(10-16)9-15(19)17-14/h4,7,9,11-12H,2-3,5-6,8,10,16H2,1H3. The average molecular weight is 258 g/mol. The van der Waals surface area contributed by atoms with Gasteiger partial charge in [0.25, 0.3) is 0 Å². The van der Waals surface area contributed by atoms with Gasteiger partial charge in [0.1, 0.15) is 5.65 Å². The van der Waals surface area contributed by atoms with Crippen molar-refractivity contribution in [3.63, 3.8) is 0 Å². The molecule has 1 aliphatic rings. The highest BCUT2D eigenvalue weighted by Crippen LogP contribution is 2.21. The molecule has 2 aromatic heterocycles. The number of likely N-dealkylation sites (tertiary alicyclic amines) is 1. The summed E-state index contributed by atoms with van der Waals surface area (Å²) in [7, 11) is 2.20. The van der Waals surface area contributed by atoms with Crippen LogP contribution in [0.1, 0.15) is 24.1 Å². The van der Waals surface area contributed by atoms with Gasteiger partial charge in [-0.3, -0.25) is 0 Å². The number of pyridine rings is 1. The van der Waals surface area contributed by atoms with Gasteiger partial charge in [0, 0.05) is 18.9 Å². The van der Waals surface area contributed by atoms with Crippen molar-refractivity contribution in [2.24, 2.45) is 11.7 Å². The maximum Gasteiger partial charge on any atom is 0.137 e. The minimum absolute atomic E-state index is 0.577. The number of nitrogens with two attached hydrogens (primary N) is 1. The summed E-state index contributed by atoms with van der Waals surface area (Å²) >= 11 is 0. The maximum absolute atomic E-state index is 5.67. The molecule has 0 atom stereocenters. The summed E-state index contributed by atoms with van der Waals surface area (Å²) in [6.45, 7) is 3.01. The van der Waals surface area contributed by atoms with Gasteiger partial charge in [0.15, 0.2) is 0 Å². The van der Waals surface area contributed by atoms with E-state index in [9.17, 15) is 0 Å². The molecule has 0 radical (unpaired) electrons. The summed E-state index contributed by atoms with van der Waals surface area (Å²) < 4.78 is 2.10. The minimum atomic E-state index is 0.577. The fourth-order valence-corrected chi connectivity index (χ4v) is 2.86. The molecule has 4 heteroatoms. The van der Waals surface area contributed by atoms with Gasteiger partial charge < -0.3 is 15.0 Å². The lowest BCUT2D eigenvalue weighted by Gasteiger charge is -2.28. The number of aromatic nitrogens is 2. The molecule has 0 spiro atoms. The van der Waals surface area contributed by atoms with E-state index in [-0.39, 0.29) is 0 Å². The molecule has 2 aromatic rings. The predicted molar refractivity (Wildman–Crippen MR) is 77.0 cm³/mol. The van der Waals surface area contributed by atoms with E-state index < -0.39 is 0 Å². The Morgan fingerprint density at radius 3 is 2.89 bits per heavy atom. The molecule has 1 fully saturated rings. The lowest BCUT2D eigenvalue weighted by molar-refractivity contribution is 0.218. The van der Waals surface area contributed by atoms with Crippen LogP contribution in [0.5, 0.6) is 0 Å². The van der Waals surface area contributed by atoms with Crippen molar-refractivity contribution in [2.75, 3.05) is 20.1 Å². The van der Waals surface area contributed by atoms with E-state index in [1.807, 2.05) is 0 Å². The van der Waals surface area contributed by atoms with Crippen molar-refractivity contribution >= 4 is 5.65 Å². The Kier molecular flexibility index (Phi) is 3.53. The monoisotopic (exact) mass is 258 g/mol. The van der Waals surface area contributed by atoms with Gasteiger partial charge in [0.2, 0.25) is 0 Å². The molecule has 0 aromatic carbocycles. The van der Waals surface area contributed by atoms with Crippen LogP contribution in [0.4, 0.5) is 0 Å². The molecule has 0 aliphatic carbocycles. The third-order valence-corrected chi connectivity index (χ3v) is 4.15. The van der Waals surface area contributed by atoms with E-state index in [4.69, 9.17) is 10.7 Å². The van der Waals surface area contributed by atoms with Crippen LogP contribution in [-0.4, -0.2) is 34.4 Å². The summed E-state index contributed by atoms with van der Waals surface area (Å²) in [4.78, 5) is 7.14. The lowest BCUT2D eigenvalue weighted by Crippen LogP contribution is -2.30. The van der Waals surface area contributed by atoms with Crippen LogP contribution in [0.2, 0.25) is 0 Å². The van der Waals surface area contributed by atoms with Gasteiger partial charge >= 0.3 is 0 Å². The quantitative estimate of drug-likeness (QED) is 0.911. The van der Waals surface area contributed by atoms with Gasteiger partial charge in [-0.25, -0.2) is 4.98 Å². The largest absolute Gasteiger partial charge is 0.326 e. The zero-order chi connectivity index (χ0) is 13.2. The first-order chi connectivity index (χ1) is 9.24. The van der Waals surface area contributed by atoms with Gasteiger partial charge in [-0.2, -0.15) is 0 Å². The summed E-state index contributed by atoms with van der Waals surface area (Å²) in [5.74, 6) is 0.787. The van der Waals surface area contributed by atoms with Crippen molar-refractivity contribution in [1.82, 2.24) is 14.3 Å². The van der Waals surface area contributed by atoms with Gasteiger partial charge in [-0.1, -0.05) is 0 Å². The summed E-state index contributed by atoms with van der Waals surface area (Å²) in [6, 6.07) is 4.15. The second-order valence-electron chi connectivity index (χ2n) is 5.69. The molecular formula is C15H22N4. The first kappa shape index (κ1) is 12.6. The molecule has 0 unspecified atom stereocenters. The van der Waals surface area contributed by atoms with Crippen LogP contribution in [0.25, 0.3) is 5.65 Å². The lowest BCUT2D eigenvalue weighted by atomic mass is 9.93. The third kappa shape index (κ3) is 2.80. The van der Waals surface area contributed by atoms with E-state index in [1.54, 1.807) is 0 Å². The van der Waals surface area contributed by atoms with Crippen LogP contribution in [0.15, 0.2) is 24.5 Å². The number of fused-ring (bicyclic) bond motifs is 1. The zero-order valence-corrected chi connectivity index (χ0v) is 11.5. The predicted octanol–water partition coefficient (Wildman–Crippen LogP) is 1.68. The van der Waals surface area contributed by atoms with Gasteiger partial charge in [0.05, 0.1) is 5.69 Å². The molecule has 0 bridgehead atoms. The Hall–Kier alpha value is -1.39. The highest BCUT2D eigenvalue weighted by molar-refractivity contribution is 5.43. The number of nitrogens with zero attached hydrogens (tertiary/aromatic N) is 3. The fourth-order valence-electron chi connectivity index (χ4n) is 2.86. The highest BCUT2D eigenvalue weighted by atomic mass is 15.1. The van der Waals surface area contributed by atoms with E-state index in [0.29, 0.717) is 6.54 Å². The number of hydrogen-bond acceptors (Lipinski definition) is 3. The molecule has 0 amide bonds. The summed E-state index contributed by atoms with van der Waals surface area (Å²) in [5, 5.41) is 0. The van der Waals surface area contributed by atoms with Crippen LogP contribution < -0.4 is 5.73 Å². The average Bonchev–Trinajstić information content (AvgIpc) is 2.82. The zero-order valence-electron chi connectivity index (χ0n) is 11.5. The molecule has 4 nitrogen and oxygen atoms in total. The van der Waals surface area contributed by atoms with E-state index >= 15 is 0 Å². The van der Waals surface area contributed by atoms with E-state index in [2.05, 4.69) is 40.9 Å². The SMILES string of the molecule is CN1CCC(Cc2cn3ccc(CN)cc3n2)CC1. The molecule has 102 valence electrons.